The fraction of sp³-hybridized carbons (Fsp3) is 0.333. The van der Waals surface area contributed by atoms with Crippen molar-refractivity contribution in [3.8, 4) is 11.5 Å². The summed E-state index contributed by atoms with van der Waals surface area (Å²) in [5.41, 5.74) is 6.47. The normalized spacial score (nSPS) is 16.9. The molecule has 102 valence electrons. The Labute approximate surface area is 108 Å². The van der Waals surface area contributed by atoms with Crippen LogP contribution in [-0.2, 0) is 16.0 Å². The standard InChI is InChI=1S/C12H13NO6/c1-6(13)4-7-2-3-8-9(5-7)19-12(18-8,10(14)15)11(16)17/h2-3,5-6H,4,13H2,1H3,(H,14,15)(H,16,17)/t6-/m1/s1. The molecule has 0 radical (unpaired) electrons. The van der Waals surface area contributed by atoms with Gasteiger partial charge in [-0.1, -0.05) is 6.07 Å². The van der Waals surface area contributed by atoms with Crippen molar-refractivity contribution in [1.29, 1.82) is 0 Å². The van der Waals surface area contributed by atoms with Crippen LogP contribution in [0.15, 0.2) is 18.2 Å². The maximum Gasteiger partial charge on any atom is 0.453 e. The van der Waals surface area contributed by atoms with Crippen LogP contribution in [0.2, 0.25) is 0 Å². The average Bonchev–Trinajstić information content (AvgIpc) is 2.68. The van der Waals surface area contributed by atoms with Crippen molar-refractivity contribution in [2.24, 2.45) is 5.73 Å². The van der Waals surface area contributed by atoms with Gasteiger partial charge in [-0.2, -0.15) is 0 Å². The highest BCUT2D eigenvalue weighted by molar-refractivity contribution is 6.01. The van der Waals surface area contributed by atoms with E-state index in [0.29, 0.717) is 6.42 Å². The molecular weight excluding hydrogens is 254 g/mol. The molecule has 1 aromatic rings. The highest BCUT2D eigenvalue weighted by Gasteiger charge is 2.57. The van der Waals surface area contributed by atoms with Crippen LogP contribution in [-0.4, -0.2) is 34.0 Å². The van der Waals surface area contributed by atoms with Crippen molar-refractivity contribution in [2.45, 2.75) is 25.2 Å². The third-order valence-electron chi connectivity index (χ3n) is 2.64. The van der Waals surface area contributed by atoms with Gasteiger partial charge in [-0.05, 0) is 31.0 Å². The third kappa shape index (κ3) is 2.19. The molecule has 4 N–H and O–H groups in total. The molecule has 0 saturated carbocycles. The first-order chi connectivity index (χ1) is 8.85. The zero-order valence-corrected chi connectivity index (χ0v) is 10.1. The zero-order chi connectivity index (χ0) is 14.2. The molecule has 1 atom stereocenters. The number of carboxylic acid groups (broad SMARTS) is 2. The van der Waals surface area contributed by atoms with Gasteiger partial charge in [0.05, 0.1) is 0 Å². The van der Waals surface area contributed by atoms with E-state index in [4.69, 9.17) is 25.4 Å². The van der Waals surface area contributed by atoms with Gasteiger partial charge in [0.2, 0.25) is 0 Å². The number of rotatable bonds is 4. The van der Waals surface area contributed by atoms with Crippen molar-refractivity contribution in [3.63, 3.8) is 0 Å². The summed E-state index contributed by atoms with van der Waals surface area (Å²) in [7, 11) is 0. The smallest absolute Gasteiger partial charge is 0.453 e. The molecule has 2 rings (SSSR count). The van der Waals surface area contributed by atoms with Gasteiger partial charge in [-0.3, -0.25) is 0 Å². The lowest BCUT2D eigenvalue weighted by Crippen LogP contribution is -2.54. The van der Waals surface area contributed by atoms with E-state index in [1.54, 1.807) is 6.07 Å². The first-order valence-electron chi connectivity index (χ1n) is 5.58. The van der Waals surface area contributed by atoms with Crippen molar-refractivity contribution >= 4 is 11.9 Å². The summed E-state index contributed by atoms with van der Waals surface area (Å²) >= 11 is 0. The summed E-state index contributed by atoms with van der Waals surface area (Å²) in [6.45, 7) is 1.82. The summed E-state index contributed by atoms with van der Waals surface area (Å²) < 4.78 is 9.90. The SMILES string of the molecule is C[C@@H](N)Cc1ccc2c(c1)OC(C(=O)O)(C(=O)O)O2. The predicted molar refractivity (Wildman–Crippen MR) is 63.1 cm³/mol. The Hall–Kier alpha value is -2.28. The molecule has 1 aliphatic rings. The Kier molecular flexibility index (Phi) is 3.07. The van der Waals surface area contributed by atoms with E-state index in [-0.39, 0.29) is 17.5 Å². The molecule has 1 heterocycles. The number of carboxylic acids is 2. The van der Waals surface area contributed by atoms with Crippen LogP contribution in [0.3, 0.4) is 0 Å². The number of ether oxygens (including phenoxy) is 2. The highest BCUT2D eigenvalue weighted by atomic mass is 16.8. The number of benzene rings is 1. The first-order valence-corrected chi connectivity index (χ1v) is 5.58. The Morgan fingerprint density at radius 1 is 1.26 bits per heavy atom. The van der Waals surface area contributed by atoms with Gasteiger partial charge >= 0.3 is 17.7 Å². The fourth-order valence-electron chi connectivity index (χ4n) is 1.81. The average molecular weight is 267 g/mol. The summed E-state index contributed by atoms with van der Waals surface area (Å²) in [6.07, 6.45) is 0.559. The van der Waals surface area contributed by atoms with Gasteiger partial charge in [0, 0.05) is 6.04 Å². The lowest BCUT2D eigenvalue weighted by Gasteiger charge is -2.16. The van der Waals surface area contributed by atoms with Crippen molar-refractivity contribution in [2.75, 3.05) is 0 Å². The molecule has 0 spiro atoms. The minimum absolute atomic E-state index is 0.0796. The van der Waals surface area contributed by atoms with Crippen molar-refractivity contribution in [3.05, 3.63) is 23.8 Å². The molecule has 0 unspecified atom stereocenters. The second-order valence-corrected chi connectivity index (χ2v) is 4.39. The minimum Gasteiger partial charge on any atom is -0.475 e. The number of hydrogen-bond donors (Lipinski definition) is 3. The van der Waals surface area contributed by atoms with E-state index in [1.807, 2.05) is 6.92 Å². The maximum absolute atomic E-state index is 11.0. The van der Waals surface area contributed by atoms with E-state index in [2.05, 4.69) is 0 Å². The number of hydrogen-bond acceptors (Lipinski definition) is 5. The summed E-state index contributed by atoms with van der Waals surface area (Å²) in [4.78, 5) is 22.1. The molecule has 0 saturated heterocycles. The van der Waals surface area contributed by atoms with E-state index < -0.39 is 17.7 Å². The Bertz CT molecular complexity index is 525. The fourth-order valence-corrected chi connectivity index (χ4v) is 1.81. The largest absolute Gasteiger partial charge is 0.475 e. The number of carbonyl (C=O) groups is 2. The molecule has 1 aromatic carbocycles. The van der Waals surface area contributed by atoms with Crippen LogP contribution in [0, 0.1) is 0 Å². The molecule has 0 amide bonds. The molecule has 1 aliphatic heterocycles. The lowest BCUT2D eigenvalue weighted by atomic mass is 10.1. The molecule has 0 aromatic heterocycles. The predicted octanol–water partition coefficient (Wildman–Crippen LogP) is 0.213. The van der Waals surface area contributed by atoms with Crippen molar-refractivity contribution < 1.29 is 29.3 Å². The number of fused-ring (bicyclic) bond motifs is 1. The first kappa shape index (κ1) is 13.2. The van der Waals surface area contributed by atoms with Crippen LogP contribution in [0.4, 0.5) is 0 Å². The Morgan fingerprint density at radius 3 is 2.37 bits per heavy atom. The molecule has 0 fully saturated rings. The van der Waals surface area contributed by atoms with Crippen LogP contribution < -0.4 is 15.2 Å². The van der Waals surface area contributed by atoms with Crippen LogP contribution in [0.5, 0.6) is 11.5 Å². The maximum atomic E-state index is 11.0. The van der Waals surface area contributed by atoms with Gasteiger partial charge in [0.1, 0.15) is 0 Å². The van der Waals surface area contributed by atoms with Crippen LogP contribution >= 0.6 is 0 Å². The number of nitrogens with two attached hydrogens (primary N) is 1. The quantitative estimate of drug-likeness (QED) is 0.667. The second kappa shape index (κ2) is 4.43. The zero-order valence-electron chi connectivity index (χ0n) is 10.1. The van der Waals surface area contributed by atoms with Gasteiger partial charge in [-0.15, -0.1) is 0 Å². The molecule has 0 bridgehead atoms. The molecule has 0 aliphatic carbocycles. The van der Waals surface area contributed by atoms with Crippen LogP contribution in [0.25, 0.3) is 0 Å². The minimum atomic E-state index is -2.71. The van der Waals surface area contributed by atoms with E-state index >= 15 is 0 Å². The third-order valence-corrected chi connectivity index (χ3v) is 2.64. The van der Waals surface area contributed by atoms with Gasteiger partial charge < -0.3 is 25.4 Å². The van der Waals surface area contributed by atoms with E-state index in [9.17, 15) is 9.59 Å². The van der Waals surface area contributed by atoms with E-state index in [0.717, 1.165) is 5.56 Å². The van der Waals surface area contributed by atoms with Gasteiger partial charge in [0.25, 0.3) is 0 Å². The monoisotopic (exact) mass is 267 g/mol. The Balaban J connectivity index is 2.34. The summed E-state index contributed by atoms with van der Waals surface area (Å²) in [5, 5.41) is 17.9. The summed E-state index contributed by atoms with van der Waals surface area (Å²) in [5.74, 6) is -5.98. The Morgan fingerprint density at radius 2 is 1.84 bits per heavy atom. The van der Waals surface area contributed by atoms with Crippen LogP contribution in [0.1, 0.15) is 12.5 Å². The molecule has 7 heteroatoms. The van der Waals surface area contributed by atoms with E-state index in [1.165, 1.54) is 12.1 Å². The van der Waals surface area contributed by atoms with Gasteiger partial charge in [0.15, 0.2) is 11.5 Å². The summed E-state index contributed by atoms with van der Waals surface area (Å²) in [6, 6.07) is 4.61. The molecule has 19 heavy (non-hydrogen) atoms. The number of aliphatic carboxylic acids is 2. The second-order valence-electron chi connectivity index (χ2n) is 4.39. The molecular formula is C12H13NO6. The van der Waals surface area contributed by atoms with Crippen molar-refractivity contribution in [1.82, 2.24) is 0 Å². The highest BCUT2D eigenvalue weighted by Crippen LogP contribution is 2.40. The van der Waals surface area contributed by atoms with Gasteiger partial charge in [-0.25, -0.2) is 9.59 Å². The molecule has 7 nitrogen and oxygen atoms in total. The topological polar surface area (TPSA) is 119 Å². The lowest BCUT2D eigenvalue weighted by molar-refractivity contribution is -0.194.